The smallest absolute Gasteiger partial charge is 0.249 e. The minimum absolute atomic E-state index is 0.0617. The van der Waals surface area contributed by atoms with Crippen molar-refractivity contribution in [2.75, 3.05) is 13.7 Å². The maximum atomic E-state index is 11.7. The molecule has 0 saturated carbocycles. The van der Waals surface area contributed by atoms with Crippen LogP contribution in [0.15, 0.2) is 18.3 Å². The number of carbonyl (C=O) groups excluding carboxylic acids is 1. The Morgan fingerprint density at radius 3 is 3.29 bits per heavy atom. The Morgan fingerprint density at radius 2 is 2.59 bits per heavy atom. The molecule has 1 N–H and O–H groups in total. The first-order valence-corrected chi connectivity index (χ1v) is 5.68. The van der Waals surface area contributed by atoms with Gasteiger partial charge in [-0.25, -0.2) is 4.98 Å². The van der Waals surface area contributed by atoms with E-state index in [1.54, 1.807) is 13.3 Å². The molecule has 0 spiro atoms. The van der Waals surface area contributed by atoms with Gasteiger partial charge in [0.05, 0.1) is 7.11 Å². The number of amides is 1. The predicted octanol–water partition coefficient (Wildman–Crippen LogP) is 0.885. The summed E-state index contributed by atoms with van der Waals surface area (Å²) in [5, 5.41) is 2.83. The van der Waals surface area contributed by atoms with Gasteiger partial charge >= 0.3 is 0 Å². The summed E-state index contributed by atoms with van der Waals surface area (Å²) in [7, 11) is 1.56. The Balaban J connectivity index is 1.90. The average Bonchev–Trinajstić information content (AvgIpc) is 2.90. The summed E-state index contributed by atoms with van der Waals surface area (Å²) in [6.45, 7) is 1.09. The van der Waals surface area contributed by atoms with Gasteiger partial charge in [-0.3, -0.25) is 4.79 Å². The second-order valence-corrected chi connectivity index (χ2v) is 3.89. The van der Waals surface area contributed by atoms with E-state index >= 15 is 0 Å². The molecule has 1 atom stereocenters. The number of rotatable bonds is 4. The molecule has 0 bridgehead atoms. The molecule has 2 heterocycles. The van der Waals surface area contributed by atoms with E-state index in [1.807, 2.05) is 12.1 Å². The SMILES string of the molecule is COc1ncccc1CNC(=O)[C@@H]1CCCO1. The van der Waals surface area contributed by atoms with Crippen LogP contribution in [0.3, 0.4) is 0 Å². The fourth-order valence-electron chi connectivity index (χ4n) is 1.82. The van der Waals surface area contributed by atoms with Crippen molar-refractivity contribution < 1.29 is 14.3 Å². The van der Waals surface area contributed by atoms with Crippen LogP contribution >= 0.6 is 0 Å². The highest BCUT2D eigenvalue weighted by Gasteiger charge is 2.23. The number of ether oxygens (including phenoxy) is 2. The number of nitrogens with one attached hydrogen (secondary N) is 1. The molecule has 5 heteroatoms. The van der Waals surface area contributed by atoms with Crippen molar-refractivity contribution in [3.05, 3.63) is 23.9 Å². The zero-order valence-corrected chi connectivity index (χ0v) is 9.81. The molecule has 1 amide bonds. The maximum absolute atomic E-state index is 11.7. The van der Waals surface area contributed by atoms with Crippen molar-refractivity contribution in [1.29, 1.82) is 0 Å². The van der Waals surface area contributed by atoms with E-state index in [-0.39, 0.29) is 12.0 Å². The van der Waals surface area contributed by atoms with Crippen LogP contribution in [0.2, 0.25) is 0 Å². The number of pyridine rings is 1. The molecule has 92 valence electrons. The average molecular weight is 236 g/mol. The van der Waals surface area contributed by atoms with Gasteiger partial charge in [0.15, 0.2) is 0 Å². The predicted molar refractivity (Wildman–Crippen MR) is 61.6 cm³/mol. The second-order valence-electron chi connectivity index (χ2n) is 3.89. The van der Waals surface area contributed by atoms with Crippen molar-refractivity contribution in [3.63, 3.8) is 0 Å². The monoisotopic (exact) mass is 236 g/mol. The topological polar surface area (TPSA) is 60.5 Å². The van der Waals surface area contributed by atoms with E-state index in [0.29, 0.717) is 19.0 Å². The first-order valence-electron chi connectivity index (χ1n) is 5.68. The van der Waals surface area contributed by atoms with Crippen molar-refractivity contribution in [3.8, 4) is 5.88 Å². The highest BCUT2D eigenvalue weighted by Crippen LogP contribution is 2.15. The molecule has 1 aromatic heterocycles. The van der Waals surface area contributed by atoms with Gasteiger partial charge in [-0.1, -0.05) is 6.07 Å². The summed E-state index contributed by atoms with van der Waals surface area (Å²) < 4.78 is 10.4. The molecular formula is C12H16N2O3. The molecule has 1 aliphatic rings. The zero-order valence-electron chi connectivity index (χ0n) is 9.81. The van der Waals surface area contributed by atoms with E-state index in [9.17, 15) is 4.79 Å². The number of carbonyl (C=O) groups is 1. The molecule has 0 aromatic carbocycles. The number of hydrogen-bond donors (Lipinski definition) is 1. The third kappa shape index (κ3) is 2.94. The Hall–Kier alpha value is -1.62. The van der Waals surface area contributed by atoms with Gasteiger partial charge in [-0.15, -0.1) is 0 Å². The van der Waals surface area contributed by atoms with Gasteiger partial charge in [-0.05, 0) is 18.9 Å². The summed E-state index contributed by atoms with van der Waals surface area (Å²) in [4.78, 5) is 15.8. The Kier molecular flexibility index (Phi) is 3.93. The number of nitrogens with zero attached hydrogens (tertiary/aromatic N) is 1. The van der Waals surface area contributed by atoms with Crippen LogP contribution in [0.25, 0.3) is 0 Å². The summed E-state index contributed by atoms with van der Waals surface area (Å²) in [5.74, 6) is 0.480. The fourth-order valence-corrected chi connectivity index (χ4v) is 1.82. The third-order valence-corrected chi connectivity index (χ3v) is 2.72. The third-order valence-electron chi connectivity index (χ3n) is 2.72. The molecule has 1 fully saturated rings. The minimum Gasteiger partial charge on any atom is -0.481 e. The highest BCUT2D eigenvalue weighted by atomic mass is 16.5. The molecule has 1 aromatic rings. The van der Waals surface area contributed by atoms with E-state index in [0.717, 1.165) is 18.4 Å². The second kappa shape index (κ2) is 5.63. The van der Waals surface area contributed by atoms with Crippen LogP contribution in [0.1, 0.15) is 18.4 Å². The lowest BCUT2D eigenvalue weighted by atomic mass is 10.2. The van der Waals surface area contributed by atoms with Crippen LogP contribution in [0.5, 0.6) is 5.88 Å². The van der Waals surface area contributed by atoms with E-state index in [1.165, 1.54) is 0 Å². The minimum atomic E-state index is -0.294. The Labute approximate surface area is 100 Å². The van der Waals surface area contributed by atoms with Crippen LogP contribution in [0, 0.1) is 0 Å². The number of hydrogen-bond acceptors (Lipinski definition) is 4. The first kappa shape index (κ1) is 11.9. The quantitative estimate of drug-likeness (QED) is 0.843. The number of methoxy groups -OCH3 is 1. The standard InChI is InChI=1S/C12H16N2O3/c1-16-12-9(4-2-6-13-12)8-14-11(15)10-5-3-7-17-10/h2,4,6,10H,3,5,7-8H2,1H3,(H,14,15)/t10-/m0/s1. The van der Waals surface area contributed by atoms with Crippen molar-refractivity contribution in [1.82, 2.24) is 10.3 Å². The van der Waals surface area contributed by atoms with Crippen molar-refractivity contribution in [2.45, 2.75) is 25.5 Å². The molecule has 5 nitrogen and oxygen atoms in total. The summed E-state index contributed by atoms with van der Waals surface area (Å²) in [6.07, 6.45) is 3.12. The van der Waals surface area contributed by atoms with Gasteiger partial charge in [0, 0.05) is 24.9 Å². The van der Waals surface area contributed by atoms with E-state index in [4.69, 9.17) is 9.47 Å². The van der Waals surface area contributed by atoms with Crippen LogP contribution in [0.4, 0.5) is 0 Å². The fraction of sp³-hybridized carbons (Fsp3) is 0.500. The largest absolute Gasteiger partial charge is 0.481 e. The highest BCUT2D eigenvalue weighted by molar-refractivity contribution is 5.80. The van der Waals surface area contributed by atoms with E-state index < -0.39 is 0 Å². The normalized spacial score (nSPS) is 19.0. The summed E-state index contributed by atoms with van der Waals surface area (Å²) in [6, 6.07) is 3.69. The summed E-state index contributed by atoms with van der Waals surface area (Å²) in [5.41, 5.74) is 0.862. The molecule has 1 saturated heterocycles. The van der Waals surface area contributed by atoms with Crippen molar-refractivity contribution >= 4 is 5.91 Å². The van der Waals surface area contributed by atoms with Crippen molar-refractivity contribution in [2.24, 2.45) is 0 Å². The van der Waals surface area contributed by atoms with Gasteiger partial charge in [-0.2, -0.15) is 0 Å². The lowest BCUT2D eigenvalue weighted by Gasteiger charge is -2.11. The van der Waals surface area contributed by atoms with Crippen LogP contribution in [-0.2, 0) is 16.1 Å². The molecule has 0 unspecified atom stereocenters. The van der Waals surface area contributed by atoms with Gasteiger partial charge in [0.1, 0.15) is 6.10 Å². The lowest BCUT2D eigenvalue weighted by molar-refractivity contribution is -0.130. The molecule has 17 heavy (non-hydrogen) atoms. The Morgan fingerprint density at radius 1 is 1.71 bits per heavy atom. The molecule has 0 aliphatic carbocycles. The van der Waals surface area contributed by atoms with Gasteiger partial charge in [0.2, 0.25) is 11.8 Å². The molecular weight excluding hydrogens is 220 g/mol. The maximum Gasteiger partial charge on any atom is 0.249 e. The Bertz CT molecular complexity index is 389. The molecule has 0 radical (unpaired) electrons. The molecule has 1 aliphatic heterocycles. The van der Waals surface area contributed by atoms with Crippen LogP contribution < -0.4 is 10.1 Å². The number of aromatic nitrogens is 1. The lowest BCUT2D eigenvalue weighted by Crippen LogP contribution is -2.33. The van der Waals surface area contributed by atoms with Crippen LogP contribution in [-0.4, -0.2) is 30.7 Å². The molecule has 2 rings (SSSR count). The summed E-state index contributed by atoms with van der Waals surface area (Å²) >= 11 is 0. The van der Waals surface area contributed by atoms with Gasteiger partial charge < -0.3 is 14.8 Å². The zero-order chi connectivity index (χ0) is 12.1. The first-order chi connectivity index (χ1) is 8.31. The van der Waals surface area contributed by atoms with Gasteiger partial charge in [0.25, 0.3) is 0 Å². The van der Waals surface area contributed by atoms with E-state index in [2.05, 4.69) is 10.3 Å².